The molecule has 35 heavy (non-hydrogen) atoms. The summed E-state index contributed by atoms with van der Waals surface area (Å²) in [7, 11) is -1.53. The van der Waals surface area contributed by atoms with Crippen molar-refractivity contribution in [3.05, 3.63) is 23.2 Å². The molecule has 3 aliphatic heterocycles. The lowest BCUT2D eigenvalue weighted by atomic mass is 9.99. The summed E-state index contributed by atoms with van der Waals surface area (Å²) in [6, 6.07) is 6.15. The van der Waals surface area contributed by atoms with Gasteiger partial charge in [0, 0.05) is 50.0 Å². The van der Waals surface area contributed by atoms with Crippen LogP contribution in [0.4, 0.5) is 17.6 Å². The maximum absolute atomic E-state index is 13.3. The minimum Gasteiger partial charge on any atom is -0.341 e. The Hall–Kier alpha value is -2.79. The number of H-pyrrole nitrogens is 1. The van der Waals surface area contributed by atoms with Crippen molar-refractivity contribution in [2.75, 3.05) is 30.4 Å². The fourth-order valence-corrected chi connectivity index (χ4v) is 8.40. The number of hydrogen-bond acceptors (Lipinski definition) is 9. The number of aryl methyl sites for hydroxylation is 1. The molecule has 11 nitrogen and oxygen atoms in total. The van der Waals surface area contributed by atoms with Gasteiger partial charge in [-0.1, -0.05) is 0 Å². The summed E-state index contributed by atoms with van der Waals surface area (Å²) in [5, 5.41) is 22.5. The van der Waals surface area contributed by atoms with Gasteiger partial charge in [0.05, 0.1) is 17.4 Å². The van der Waals surface area contributed by atoms with E-state index in [0.29, 0.717) is 30.7 Å². The topological polar surface area (TPSA) is 134 Å². The molecule has 2 N–H and O–H groups in total. The third-order valence-corrected chi connectivity index (χ3v) is 10.3. The predicted molar refractivity (Wildman–Crippen MR) is 134 cm³/mol. The van der Waals surface area contributed by atoms with Crippen molar-refractivity contribution in [2.24, 2.45) is 5.92 Å². The lowest BCUT2D eigenvalue weighted by molar-refractivity contribution is 0.177. The van der Waals surface area contributed by atoms with Crippen LogP contribution < -0.4 is 10.2 Å². The van der Waals surface area contributed by atoms with Gasteiger partial charge >= 0.3 is 0 Å². The van der Waals surface area contributed by atoms with Crippen molar-refractivity contribution in [1.82, 2.24) is 28.8 Å². The van der Waals surface area contributed by atoms with E-state index in [2.05, 4.69) is 26.5 Å². The summed E-state index contributed by atoms with van der Waals surface area (Å²) in [6.07, 6.45) is 3.18. The Balaban J connectivity index is 1.23. The number of thiophene rings is 1. The molecule has 0 spiro atoms. The predicted octanol–water partition coefficient (Wildman–Crippen LogP) is 2.60. The van der Waals surface area contributed by atoms with Crippen LogP contribution in [0.3, 0.4) is 0 Å². The highest BCUT2D eigenvalue weighted by atomic mass is 32.2. The molecule has 0 aromatic carbocycles. The SMILES string of the molecule is Cc1cc(Nc2nc(N(C)C3CC4CCC(C3)N4S(=O)(=O)N3CC(C#N)C3)nc3sccc23)n[nH]1. The zero-order valence-corrected chi connectivity index (χ0v) is 21.2. The Morgan fingerprint density at radius 1 is 1.26 bits per heavy atom. The van der Waals surface area contributed by atoms with E-state index < -0.39 is 10.2 Å². The fourth-order valence-electron chi connectivity index (χ4n) is 5.50. The quantitative estimate of drug-likeness (QED) is 0.514. The van der Waals surface area contributed by atoms with Gasteiger partial charge in [0.1, 0.15) is 10.6 Å². The number of aromatic amines is 1. The molecule has 0 aliphatic carbocycles. The summed E-state index contributed by atoms with van der Waals surface area (Å²) in [5.41, 5.74) is 0.957. The largest absolute Gasteiger partial charge is 0.341 e. The van der Waals surface area contributed by atoms with E-state index in [1.807, 2.05) is 31.5 Å². The van der Waals surface area contributed by atoms with Gasteiger partial charge < -0.3 is 10.2 Å². The first kappa shape index (κ1) is 22.7. The molecule has 0 radical (unpaired) electrons. The van der Waals surface area contributed by atoms with Gasteiger partial charge in [-0.05, 0) is 44.1 Å². The molecule has 6 heterocycles. The molecule has 3 fully saturated rings. The molecule has 13 heteroatoms. The third kappa shape index (κ3) is 3.85. The van der Waals surface area contributed by atoms with E-state index in [9.17, 15) is 8.42 Å². The highest BCUT2D eigenvalue weighted by Gasteiger charge is 2.51. The lowest BCUT2D eigenvalue weighted by Crippen LogP contribution is -2.60. The van der Waals surface area contributed by atoms with Crippen molar-refractivity contribution in [3.8, 4) is 6.07 Å². The molecule has 3 saturated heterocycles. The average Bonchev–Trinajstić information content (AvgIpc) is 3.50. The zero-order valence-electron chi connectivity index (χ0n) is 19.5. The Labute approximate surface area is 207 Å². The maximum Gasteiger partial charge on any atom is 0.282 e. The number of anilines is 3. The second-order valence-corrected chi connectivity index (χ2v) is 12.4. The molecule has 6 rings (SSSR count). The minimum absolute atomic E-state index is 0.0394. The summed E-state index contributed by atoms with van der Waals surface area (Å²) >= 11 is 1.56. The second-order valence-electron chi connectivity index (χ2n) is 9.67. The highest BCUT2D eigenvalue weighted by molar-refractivity contribution is 7.86. The van der Waals surface area contributed by atoms with Gasteiger partial charge in [0.15, 0.2) is 5.82 Å². The highest BCUT2D eigenvalue weighted by Crippen LogP contribution is 2.42. The maximum atomic E-state index is 13.3. The number of hydrogen-bond donors (Lipinski definition) is 2. The van der Waals surface area contributed by atoms with Crippen LogP contribution in [0.25, 0.3) is 10.2 Å². The van der Waals surface area contributed by atoms with Crippen LogP contribution >= 0.6 is 11.3 Å². The van der Waals surface area contributed by atoms with Crippen molar-refractivity contribution in [3.63, 3.8) is 0 Å². The molecule has 3 aromatic heterocycles. The molecule has 2 bridgehead atoms. The first-order valence-electron chi connectivity index (χ1n) is 11.8. The summed E-state index contributed by atoms with van der Waals surface area (Å²) in [4.78, 5) is 12.7. The van der Waals surface area contributed by atoms with Crippen molar-refractivity contribution in [1.29, 1.82) is 5.26 Å². The van der Waals surface area contributed by atoms with Gasteiger partial charge in [0.2, 0.25) is 5.95 Å². The van der Waals surface area contributed by atoms with Crippen LogP contribution in [0.1, 0.15) is 31.4 Å². The number of nitrogens with zero attached hydrogens (tertiary/aromatic N) is 7. The number of rotatable bonds is 6. The number of aromatic nitrogens is 4. The molecule has 0 amide bonds. The van der Waals surface area contributed by atoms with Crippen LogP contribution in [0.2, 0.25) is 0 Å². The number of piperidine rings is 1. The van der Waals surface area contributed by atoms with E-state index >= 15 is 0 Å². The summed E-state index contributed by atoms with van der Waals surface area (Å²) in [6.45, 7) is 2.55. The number of nitrogens with one attached hydrogen (secondary N) is 2. The van der Waals surface area contributed by atoms with Crippen molar-refractivity contribution < 1.29 is 8.42 Å². The summed E-state index contributed by atoms with van der Waals surface area (Å²) in [5.74, 6) is 1.83. The van der Waals surface area contributed by atoms with Crippen molar-refractivity contribution in [2.45, 2.75) is 50.7 Å². The molecule has 2 unspecified atom stereocenters. The first-order chi connectivity index (χ1) is 16.8. The lowest BCUT2D eigenvalue weighted by Gasteiger charge is -2.45. The van der Waals surface area contributed by atoms with E-state index in [-0.39, 0.29) is 24.0 Å². The molecular weight excluding hydrogens is 486 g/mol. The van der Waals surface area contributed by atoms with E-state index in [4.69, 9.17) is 15.2 Å². The molecule has 3 aromatic rings. The molecule has 0 saturated carbocycles. The molecule has 2 atom stereocenters. The number of fused-ring (bicyclic) bond motifs is 3. The molecule has 3 aliphatic rings. The summed E-state index contributed by atoms with van der Waals surface area (Å²) < 4.78 is 29.7. The Kier molecular flexibility index (Phi) is 5.44. The van der Waals surface area contributed by atoms with E-state index in [1.165, 1.54) is 4.31 Å². The first-order valence-corrected chi connectivity index (χ1v) is 14.1. The van der Waals surface area contributed by atoms with Gasteiger partial charge in [-0.25, -0.2) is 4.98 Å². The van der Waals surface area contributed by atoms with Gasteiger partial charge in [-0.15, -0.1) is 11.3 Å². The number of nitriles is 1. The standard InChI is InChI=1S/C22H27N9O2S2/c1-13-7-19(28-27-13)24-20-18-5-6-34-21(18)26-22(25-20)29(2)17-8-15-3-4-16(9-17)31(15)35(32,33)30-11-14(10-23)12-30/h5-7,14-17H,3-4,8-9,11-12H2,1-2H3,(H2,24,25,26,27,28). The van der Waals surface area contributed by atoms with Crippen LogP contribution in [0.15, 0.2) is 17.5 Å². The monoisotopic (exact) mass is 513 g/mol. The Morgan fingerprint density at radius 2 is 2.00 bits per heavy atom. The van der Waals surface area contributed by atoms with Gasteiger partial charge in [0.25, 0.3) is 10.2 Å². The normalized spacial score (nSPS) is 25.5. The average molecular weight is 514 g/mol. The van der Waals surface area contributed by atoms with Crippen molar-refractivity contribution >= 4 is 49.3 Å². The minimum atomic E-state index is -3.53. The second kappa shape index (κ2) is 8.41. The van der Waals surface area contributed by atoms with E-state index in [0.717, 1.165) is 41.6 Å². The smallest absolute Gasteiger partial charge is 0.282 e. The zero-order chi connectivity index (χ0) is 24.3. The van der Waals surface area contributed by atoms with Crippen LogP contribution in [-0.4, -0.2) is 75.5 Å². The van der Waals surface area contributed by atoms with Crippen LogP contribution in [0.5, 0.6) is 0 Å². The third-order valence-electron chi connectivity index (χ3n) is 7.39. The van der Waals surface area contributed by atoms with Crippen LogP contribution in [0, 0.1) is 24.2 Å². The molecular formula is C22H27N9O2S2. The van der Waals surface area contributed by atoms with Crippen LogP contribution in [-0.2, 0) is 10.2 Å². The van der Waals surface area contributed by atoms with Gasteiger partial charge in [-0.2, -0.15) is 32.4 Å². The Bertz CT molecular complexity index is 1390. The molecule has 184 valence electrons. The fraction of sp³-hybridized carbons (Fsp3) is 0.545. The van der Waals surface area contributed by atoms with Gasteiger partial charge in [-0.3, -0.25) is 5.10 Å². The Morgan fingerprint density at radius 3 is 2.66 bits per heavy atom. The van der Waals surface area contributed by atoms with E-state index in [1.54, 1.807) is 15.6 Å².